The molecule has 1 amide bonds. The van der Waals surface area contributed by atoms with Crippen LogP contribution >= 0.6 is 0 Å². The van der Waals surface area contributed by atoms with Crippen molar-refractivity contribution in [3.8, 4) is 0 Å². The number of benzene rings is 1. The second-order valence-corrected chi connectivity index (χ2v) is 8.21. The molecule has 0 aromatic heterocycles. The quantitative estimate of drug-likeness (QED) is 0.573. The number of fused-ring (bicyclic) bond motifs is 1. The van der Waals surface area contributed by atoms with E-state index in [0.717, 1.165) is 32.1 Å². The lowest BCUT2D eigenvalue weighted by atomic mass is 9.86. The molecule has 5 heteroatoms. The van der Waals surface area contributed by atoms with Crippen LogP contribution in [-0.2, 0) is 27.2 Å². The van der Waals surface area contributed by atoms with Crippen molar-refractivity contribution in [1.82, 2.24) is 5.32 Å². The lowest BCUT2D eigenvalue weighted by Gasteiger charge is -2.29. The number of esters is 1. The third-order valence-corrected chi connectivity index (χ3v) is 6.05. The standard InChI is InChI=1S/C23H31NO4/c1-16-6-2-5-9-20(16)24-22(26)15-28-23(27)13-12-21(25)19-11-10-17-7-3-4-8-18(17)14-19/h10-11,14,16,20H,2-9,12-13,15H2,1H3,(H,24,26)/t16-,20+/m1/s1. The first-order valence-corrected chi connectivity index (χ1v) is 10.6. The second-order valence-electron chi connectivity index (χ2n) is 8.21. The largest absolute Gasteiger partial charge is 0.456 e. The lowest BCUT2D eigenvalue weighted by Crippen LogP contribution is -2.42. The number of Topliss-reactive ketones (excluding diaryl/α,β-unsaturated/α-hetero) is 1. The third-order valence-electron chi connectivity index (χ3n) is 6.05. The molecule has 0 spiro atoms. The molecule has 5 nitrogen and oxygen atoms in total. The Morgan fingerprint density at radius 3 is 2.54 bits per heavy atom. The average molecular weight is 386 g/mol. The van der Waals surface area contributed by atoms with Crippen molar-refractivity contribution in [3.63, 3.8) is 0 Å². The number of rotatable bonds is 7. The minimum Gasteiger partial charge on any atom is -0.456 e. The fourth-order valence-electron chi connectivity index (χ4n) is 4.26. The topological polar surface area (TPSA) is 72.5 Å². The van der Waals surface area contributed by atoms with Crippen molar-refractivity contribution in [2.45, 2.75) is 77.2 Å². The highest BCUT2D eigenvalue weighted by Crippen LogP contribution is 2.24. The van der Waals surface area contributed by atoms with E-state index >= 15 is 0 Å². The monoisotopic (exact) mass is 385 g/mol. The Balaban J connectivity index is 1.39. The molecule has 0 heterocycles. The SMILES string of the molecule is C[C@@H]1CCCC[C@@H]1NC(=O)COC(=O)CCC(=O)c1ccc2c(c1)CCCC2. The van der Waals surface area contributed by atoms with Crippen LogP contribution in [0, 0.1) is 5.92 Å². The van der Waals surface area contributed by atoms with Crippen LogP contribution in [0.1, 0.15) is 79.8 Å². The lowest BCUT2D eigenvalue weighted by molar-refractivity contribution is -0.148. The molecule has 1 saturated carbocycles. The number of carbonyl (C=O) groups is 3. The van der Waals surface area contributed by atoms with E-state index in [0.29, 0.717) is 11.5 Å². The Morgan fingerprint density at radius 1 is 1.00 bits per heavy atom. The van der Waals surface area contributed by atoms with Crippen LogP contribution in [0.2, 0.25) is 0 Å². The van der Waals surface area contributed by atoms with Crippen molar-refractivity contribution in [2.24, 2.45) is 5.92 Å². The van der Waals surface area contributed by atoms with Crippen molar-refractivity contribution in [3.05, 3.63) is 34.9 Å². The summed E-state index contributed by atoms with van der Waals surface area (Å²) in [7, 11) is 0. The number of ether oxygens (including phenoxy) is 1. The highest BCUT2D eigenvalue weighted by molar-refractivity contribution is 5.97. The first kappa shape index (κ1) is 20.6. The zero-order chi connectivity index (χ0) is 19.9. The van der Waals surface area contributed by atoms with Crippen LogP contribution in [0.3, 0.4) is 0 Å². The van der Waals surface area contributed by atoms with Crippen LogP contribution in [0.15, 0.2) is 18.2 Å². The van der Waals surface area contributed by atoms with Crippen LogP contribution < -0.4 is 5.32 Å². The fraction of sp³-hybridized carbons (Fsp3) is 0.609. The summed E-state index contributed by atoms with van der Waals surface area (Å²) in [4.78, 5) is 36.3. The summed E-state index contributed by atoms with van der Waals surface area (Å²) >= 11 is 0. The maximum atomic E-state index is 12.4. The molecule has 0 saturated heterocycles. The van der Waals surface area contributed by atoms with Gasteiger partial charge >= 0.3 is 5.97 Å². The second kappa shape index (κ2) is 9.85. The van der Waals surface area contributed by atoms with E-state index in [1.54, 1.807) is 0 Å². The predicted molar refractivity (Wildman–Crippen MR) is 107 cm³/mol. The third kappa shape index (κ3) is 5.66. The normalized spacial score (nSPS) is 21.5. The van der Waals surface area contributed by atoms with E-state index in [1.807, 2.05) is 18.2 Å². The van der Waals surface area contributed by atoms with Gasteiger partial charge in [-0.15, -0.1) is 0 Å². The molecular weight excluding hydrogens is 354 g/mol. The molecule has 1 aromatic carbocycles. The van der Waals surface area contributed by atoms with E-state index in [9.17, 15) is 14.4 Å². The van der Waals surface area contributed by atoms with Gasteiger partial charge in [-0.05, 0) is 61.6 Å². The minimum atomic E-state index is -0.502. The Hall–Kier alpha value is -2.17. The molecule has 2 aliphatic rings. The van der Waals surface area contributed by atoms with Gasteiger partial charge in [0.15, 0.2) is 12.4 Å². The van der Waals surface area contributed by atoms with Gasteiger partial charge in [-0.1, -0.05) is 31.9 Å². The van der Waals surface area contributed by atoms with Crippen molar-refractivity contribution >= 4 is 17.7 Å². The predicted octanol–water partition coefficient (Wildman–Crippen LogP) is 3.77. The number of hydrogen-bond donors (Lipinski definition) is 1. The number of carbonyl (C=O) groups excluding carboxylic acids is 3. The molecule has 2 aliphatic carbocycles. The van der Waals surface area contributed by atoms with Gasteiger partial charge in [0.25, 0.3) is 5.91 Å². The van der Waals surface area contributed by atoms with Crippen LogP contribution in [-0.4, -0.2) is 30.3 Å². The molecule has 152 valence electrons. The molecular formula is C23H31NO4. The Labute approximate surface area is 167 Å². The number of nitrogens with one attached hydrogen (secondary N) is 1. The van der Waals surface area contributed by atoms with Crippen molar-refractivity contribution in [1.29, 1.82) is 0 Å². The average Bonchev–Trinajstić information content (AvgIpc) is 2.71. The first-order chi connectivity index (χ1) is 13.5. The van der Waals surface area contributed by atoms with Crippen LogP contribution in [0.25, 0.3) is 0 Å². The van der Waals surface area contributed by atoms with Gasteiger partial charge in [-0.2, -0.15) is 0 Å². The minimum absolute atomic E-state index is 0.00301. The summed E-state index contributed by atoms with van der Waals surface area (Å²) in [6, 6.07) is 6.04. The van der Waals surface area contributed by atoms with E-state index in [2.05, 4.69) is 12.2 Å². The summed E-state index contributed by atoms with van der Waals surface area (Å²) in [6.45, 7) is 1.87. The van der Waals surface area contributed by atoms with Gasteiger partial charge in [-0.25, -0.2) is 0 Å². The molecule has 3 rings (SSSR count). The van der Waals surface area contributed by atoms with Gasteiger partial charge in [0.2, 0.25) is 0 Å². The highest BCUT2D eigenvalue weighted by Gasteiger charge is 2.23. The van der Waals surface area contributed by atoms with Gasteiger partial charge in [-0.3, -0.25) is 14.4 Å². The molecule has 1 aromatic rings. The molecule has 0 bridgehead atoms. The summed E-state index contributed by atoms with van der Waals surface area (Å²) in [5.41, 5.74) is 3.26. The van der Waals surface area contributed by atoms with E-state index in [1.165, 1.54) is 30.4 Å². The Kier molecular flexibility index (Phi) is 7.24. The van der Waals surface area contributed by atoms with Gasteiger partial charge in [0, 0.05) is 18.0 Å². The summed E-state index contributed by atoms with van der Waals surface area (Å²) < 4.78 is 5.05. The van der Waals surface area contributed by atoms with E-state index < -0.39 is 5.97 Å². The van der Waals surface area contributed by atoms with Crippen molar-refractivity contribution in [2.75, 3.05) is 6.61 Å². The number of ketones is 1. The molecule has 1 fully saturated rings. The fourth-order valence-corrected chi connectivity index (χ4v) is 4.26. The van der Waals surface area contributed by atoms with E-state index in [-0.39, 0.29) is 37.2 Å². The first-order valence-electron chi connectivity index (χ1n) is 10.6. The highest BCUT2D eigenvalue weighted by atomic mass is 16.5. The maximum Gasteiger partial charge on any atom is 0.306 e. The van der Waals surface area contributed by atoms with Gasteiger partial charge in [0.1, 0.15) is 0 Å². The van der Waals surface area contributed by atoms with Gasteiger partial charge in [0.05, 0.1) is 6.42 Å². The van der Waals surface area contributed by atoms with Crippen LogP contribution in [0.5, 0.6) is 0 Å². The molecule has 1 N–H and O–H groups in total. The molecule has 0 radical (unpaired) electrons. The molecule has 0 aliphatic heterocycles. The number of aryl methyl sites for hydroxylation is 2. The van der Waals surface area contributed by atoms with Crippen molar-refractivity contribution < 1.29 is 19.1 Å². The zero-order valence-electron chi connectivity index (χ0n) is 16.8. The van der Waals surface area contributed by atoms with E-state index in [4.69, 9.17) is 4.74 Å². The number of hydrogen-bond acceptors (Lipinski definition) is 4. The Bertz CT molecular complexity index is 727. The maximum absolute atomic E-state index is 12.4. The molecule has 28 heavy (non-hydrogen) atoms. The summed E-state index contributed by atoms with van der Waals surface area (Å²) in [5.74, 6) is -0.347. The Morgan fingerprint density at radius 2 is 1.75 bits per heavy atom. The smallest absolute Gasteiger partial charge is 0.306 e. The van der Waals surface area contributed by atoms with Gasteiger partial charge < -0.3 is 10.1 Å². The summed E-state index contributed by atoms with van der Waals surface area (Å²) in [5, 5.41) is 2.96. The van der Waals surface area contributed by atoms with Crippen LogP contribution in [0.4, 0.5) is 0 Å². The number of amides is 1. The zero-order valence-corrected chi connectivity index (χ0v) is 16.8. The molecule has 2 atom stereocenters. The molecule has 0 unspecified atom stereocenters. The summed E-state index contributed by atoms with van der Waals surface area (Å²) in [6.07, 6.45) is 9.03.